The summed E-state index contributed by atoms with van der Waals surface area (Å²) >= 11 is 5.87. The van der Waals surface area contributed by atoms with Gasteiger partial charge < -0.3 is 20.9 Å². The topological polar surface area (TPSA) is 78.7 Å². The summed E-state index contributed by atoms with van der Waals surface area (Å²) in [5, 5.41) is 3.21. The molecule has 1 saturated heterocycles. The summed E-state index contributed by atoms with van der Waals surface area (Å²) in [6.45, 7) is 2.71. The van der Waals surface area contributed by atoms with Crippen molar-refractivity contribution in [1.29, 1.82) is 0 Å². The second-order valence-electron chi connectivity index (χ2n) is 4.83. The summed E-state index contributed by atoms with van der Waals surface area (Å²) in [5.74, 6) is -0.393. The molecule has 1 aliphatic heterocycles. The molecule has 0 atom stereocenters. The molecule has 1 aliphatic rings. The fourth-order valence-electron chi connectivity index (χ4n) is 2.22. The maximum Gasteiger partial charge on any atom is 0.242 e. The van der Waals surface area contributed by atoms with Crippen LogP contribution in [-0.4, -0.2) is 56.0 Å². The number of piperazine rings is 1. The zero-order valence-corrected chi connectivity index (χ0v) is 12.5. The van der Waals surface area contributed by atoms with Gasteiger partial charge in [-0.3, -0.25) is 9.59 Å². The zero-order valence-electron chi connectivity index (χ0n) is 11.7. The minimum absolute atomic E-state index is 0.0109. The maximum absolute atomic E-state index is 11.9. The van der Waals surface area contributed by atoms with E-state index < -0.39 is 0 Å². The van der Waals surface area contributed by atoms with E-state index in [2.05, 4.69) is 10.2 Å². The Bertz CT molecular complexity index is 498. The Balaban J connectivity index is 1.81. The number of nitrogens with one attached hydrogen (secondary N) is 1. The van der Waals surface area contributed by atoms with E-state index >= 15 is 0 Å². The predicted molar refractivity (Wildman–Crippen MR) is 82.3 cm³/mol. The van der Waals surface area contributed by atoms with E-state index in [0.29, 0.717) is 18.1 Å². The van der Waals surface area contributed by atoms with Gasteiger partial charge in [-0.25, -0.2) is 0 Å². The number of nitrogens with two attached hydrogens (primary N) is 1. The molecule has 0 aliphatic carbocycles. The largest absolute Gasteiger partial charge is 0.368 e. The highest BCUT2D eigenvalue weighted by Crippen LogP contribution is 2.19. The van der Waals surface area contributed by atoms with E-state index in [9.17, 15) is 9.59 Å². The van der Waals surface area contributed by atoms with Crippen molar-refractivity contribution in [3.05, 3.63) is 29.3 Å². The minimum atomic E-state index is -0.317. The highest BCUT2D eigenvalue weighted by atomic mass is 35.5. The molecule has 0 bridgehead atoms. The van der Waals surface area contributed by atoms with Crippen LogP contribution in [0.2, 0.25) is 5.02 Å². The Labute approximate surface area is 128 Å². The van der Waals surface area contributed by atoms with E-state index in [1.54, 1.807) is 4.90 Å². The van der Waals surface area contributed by atoms with E-state index in [-0.39, 0.29) is 24.9 Å². The summed E-state index contributed by atoms with van der Waals surface area (Å²) in [6, 6.07) is 7.66. The summed E-state index contributed by atoms with van der Waals surface area (Å²) in [5.41, 5.74) is 6.28. The number of amides is 2. The molecule has 0 saturated carbocycles. The van der Waals surface area contributed by atoms with Crippen LogP contribution in [0.15, 0.2) is 24.3 Å². The first-order valence-electron chi connectivity index (χ1n) is 6.85. The van der Waals surface area contributed by atoms with Crippen LogP contribution in [0.5, 0.6) is 0 Å². The SMILES string of the molecule is NCC(=O)NCC(=O)N1CCN(c2ccc(Cl)cc2)CC1. The van der Waals surface area contributed by atoms with Crippen molar-refractivity contribution in [2.45, 2.75) is 0 Å². The molecule has 1 heterocycles. The van der Waals surface area contributed by atoms with Crippen molar-refractivity contribution in [1.82, 2.24) is 10.2 Å². The molecule has 7 heteroatoms. The fourth-order valence-corrected chi connectivity index (χ4v) is 2.35. The number of nitrogens with zero attached hydrogens (tertiary/aromatic N) is 2. The number of benzene rings is 1. The van der Waals surface area contributed by atoms with Gasteiger partial charge in [-0.2, -0.15) is 0 Å². The molecule has 0 radical (unpaired) electrons. The minimum Gasteiger partial charge on any atom is -0.368 e. The van der Waals surface area contributed by atoms with Gasteiger partial charge in [-0.1, -0.05) is 11.6 Å². The van der Waals surface area contributed by atoms with Crippen molar-refractivity contribution in [3.8, 4) is 0 Å². The third-order valence-electron chi connectivity index (χ3n) is 3.45. The predicted octanol–water partition coefficient (Wildman–Crippen LogP) is 0.0635. The Kier molecular flexibility index (Phi) is 5.41. The molecule has 6 nitrogen and oxygen atoms in total. The molecule has 3 N–H and O–H groups in total. The third-order valence-corrected chi connectivity index (χ3v) is 3.70. The van der Waals surface area contributed by atoms with Crippen LogP contribution in [0.4, 0.5) is 5.69 Å². The number of halogens is 1. The molecule has 0 unspecified atom stereocenters. The summed E-state index contributed by atoms with van der Waals surface area (Å²) in [4.78, 5) is 26.9. The molecule has 114 valence electrons. The van der Waals surface area contributed by atoms with Crippen LogP contribution in [0, 0.1) is 0 Å². The standard InChI is InChI=1S/C14H19ClN4O2/c15-11-1-3-12(4-2-11)18-5-7-19(8-6-18)14(21)10-17-13(20)9-16/h1-4H,5-10,16H2,(H,17,20). The molecule has 0 aromatic heterocycles. The lowest BCUT2D eigenvalue weighted by atomic mass is 10.2. The molecule has 0 spiro atoms. The average Bonchev–Trinajstić information content (AvgIpc) is 2.53. The van der Waals surface area contributed by atoms with E-state index in [0.717, 1.165) is 18.8 Å². The van der Waals surface area contributed by atoms with Crippen molar-refractivity contribution < 1.29 is 9.59 Å². The van der Waals surface area contributed by atoms with Crippen molar-refractivity contribution in [2.75, 3.05) is 44.2 Å². The summed E-state index contributed by atoms with van der Waals surface area (Å²) in [7, 11) is 0. The second kappa shape index (κ2) is 7.28. The van der Waals surface area contributed by atoms with Gasteiger partial charge in [0.05, 0.1) is 13.1 Å². The lowest BCUT2D eigenvalue weighted by Gasteiger charge is -2.36. The van der Waals surface area contributed by atoms with E-state index in [1.807, 2.05) is 24.3 Å². The summed E-state index contributed by atoms with van der Waals surface area (Å²) in [6.07, 6.45) is 0. The number of carbonyl (C=O) groups excluding carboxylic acids is 2. The van der Waals surface area contributed by atoms with Gasteiger partial charge in [-0.15, -0.1) is 0 Å². The molecule has 1 aromatic carbocycles. The van der Waals surface area contributed by atoms with Crippen LogP contribution in [-0.2, 0) is 9.59 Å². The number of hydrogen-bond donors (Lipinski definition) is 2. The average molecular weight is 311 g/mol. The Morgan fingerprint density at radius 2 is 1.76 bits per heavy atom. The van der Waals surface area contributed by atoms with Gasteiger partial charge >= 0.3 is 0 Å². The van der Waals surface area contributed by atoms with E-state index in [4.69, 9.17) is 17.3 Å². The Morgan fingerprint density at radius 3 is 2.33 bits per heavy atom. The monoisotopic (exact) mass is 310 g/mol. The van der Waals surface area contributed by atoms with Crippen LogP contribution >= 0.6 is 11.6 Å². The lowest BCUT2D eigenvalue weighted by Crippen LogP contribution is -2.51. The first kappa shape index (κ1) is 15.6. The van der Waals surface area contributed by atoms with Crippen molar-refractivity contribution in [3.63, 3.8) is 0 Å². The Hall–Kier alpha value is -1.79. The molecule has 2 amide bonds. The quantitative estimate of drug-likeness (QED) is 0.824. The smallest absolute Gasteiger partial charge is 0.242 e. The molecular formula is C14H19ClN4O2. The highest BCUT2D eigenvalue weighted by molar-refractivity contribution is 6.30. The van der Waals surface area contributed by atoms with Crippen LogP contribution in [0.25, 0.3) is 0 Å². The fraction of sp³-hybridized carbons (Fsp3) is 0.429. The van der Waals surface area contributed by atoms with Gasteiger partial charge in [0, 0.05) is 36.9 Å². The first-order chi connectivity index (χ1) is 10.1. The van der Waals surface area contributed by atoms with Crippen molar-refractivity contribution in [2.24, 2.45) is 5.73 Å². The molecular weight excluding hydrogens is 292 g/mol. The summed E-state index contributed by atoms with van der Waals surface area (Å²) < 4.78 is 0. The van der Waals surface area contributed by atoms with Gasteiger partial charge in [0.2, 0.25) is 11.8 Å². The zero-order chi connectivity index (χ0) is 15.2. The molecule has 1 aromatic rings. The molecule has 21 heavy (non-hydrogen) atoms. The normalized spacial score (nSPS) is 15.0. The van der Waals surface area contributed by atoms with Gasteiger partial charge in [-0.05, 0) is 24.3 Å². The molecule has 2 rings (SSSR count). The van der Waals surface area contributed by atoms with Gasteiger partial charge in [0.25, 0.3) is 0 Å². The van der Waals surface area contributed by atoms with Crippen LogP contribution in [0.3, 0.4) is 0 Å². The third kappa shape index (κ3) is 4.34. The number of hydrogen-bond acceptors (Lipinski definition) is 4. The van der Waals surface area contributed by atoms with E-state index in [1.165, 1.54) is 0 Å². The van der Waals surface area contributed by atoms with Crippen LogP contribution < -0.4 is 16.0 Å². The van der Waals surface area contributed by atoms with Gasteiger partial charge in [0.15, 0.2) is 0 Å². The van der Waals surface area contributed by atoms with Crippen LogP contribution in [0.1, 0.15) is 0 Å². The Morgan fingerprint density at radius 1 is 1.14 bits per heavy atom. The lowest BCUT2D eigenvalue weighted by molar-refractivity contribution is -0.132. The highest BCUT2D eigenvalue weighted by Gasteiger charge is 2.21. The molecule has 1 fully saturated rings. The number of rotatable bonds is 4. The first-order valence-corrected chi connectivity index (χ1v) is 7.23. The van der Waals surface area contributed by atoms with Gasteiger partial charge in [0.1, 0.15) is 0 Å². The number of carbonyl (C=O) groups is 2. The number of anilines is 1. The van der Waals surface area contributed by atoms with Crippen molar-refractivity contribution >= 4 is 29.1 Å². The maximum atomic E-state index is 11.9. The second-order valence-corrected chi connectivity index (χ2v) is 5.26.